The lowest BCUT2D eigenvalue weighted by Crippen LogP contribution is -2.37. The van der Waals surface area contributed by atoms with Gasteiger partial charge in [0.05, 0.1) is 6.61 Å². The molecule has 92 valence electrons. The van der Waals surface area contributed by atoms with Crippen molar-refractivity contribution in [3.05, 3.63) is 29.3 Å². The van der Waals surface area contributed by atoms with Crippen molar-refractivity contribution < 1.29 is 9.47 Å². The first-order chi connectivity index (χ1) is 8.31. The maximum Gasteiger partial charge on any atom is 0.123 e. The van der Waals surface area contributed by atoms with Crippen LogP contribution >= 0.6 is 0 Å². The number of hydrogen-bond donors (Lipinski definition) is 1. The molecule has 1 saturated heterocycles. The monoisotopic (exact) mass is 233 g/mol. The van der Waals surface area contributed by atoms with Gasteiger partial charge in [0.1, 0.15) is 11.9 Å². The molecule has 1 aromatic rings. The van der Waals surface area contributed by atoms with Crippen LogP contribution in [0.1, 0.15) is 17.5 Å². The van der Waals surface area contributed by atoms with Crippen molar-refractivity contribution >= 4 is 0 Å². The van der Waals surface area contributed by atoms with Gasteiger partial charge in [-0.3, -0.25) is 0 Å². The van der Waals surface area contributed by atoms with Gasteiger partial charge in [0, 0.05) is 25.6 Å². The highest BCUT2D eigenvalue weighted by molar-refractivity contribution is 5.40. The van der Waals surface area contributed by atoms with Crippen LogP contribution in [0.15, 0.2) is 18.2 Å². The zero-order valence-corrected chi connectivity index (χ0v) is 10.2. The summed E-state index contributed by atoms with van der Waals surface area (Å²) in [7, 11) is 0. The third-order valence-corrected chi connectivity index (χ3v) is 3.52. The fourth-order valence-electron chi connectivity index (χ4n) is 2.56. The van der Waals surface area contributed by atoms with E-state index in [4.69, 9.17) is 9.47 Å². The van der Waals surface area contributed by atoms with Crippen molar-refractivity contribution in [1.29, 1.82) is 0 Å². The molecular weight excluding hydrogens is 214 g/mol. The third kappa shape index (κ3) is 2.45. The molecule has 0 radical (unpaired) electrons. The van der Waals surface area contributed by atoms with Crippen molar-refractivity contribution in [3.8, 4) is 5.75 Å². The zero-order chi connectivity index (χ0) is 11.7. The molecule has 3 heteroatoms. The SMILES string of the molecule is Cc1ccc2c(c1)CC(CNC1CCOC1)O2. The largest absolute Gasteiger partial charge is 0.488 e. The Hall–Kier alpha value is -1.06. The first-order valence-corrected chi connectivity index (χ1v) is 6.38. The van der Waals surface area contributed by atoms with E-state index in [1.54, 1.807) is 0 Å². The lowest BCUT2D eigenvalue weighted by Gasteiger charge is -2.15. The highest BCUT2D eigenvalue weighted by Gasteiger charge is 2.24. The van der Waals surface area contributed by atoms with Gasteiger partial charge in [-0.1, -0.05) is 17.7 Å². The lowest BCUT2D eigenvalue weighted by atomic mass is 10.1. The van der Waals surface area contributed by atoms with E-state index in [1.165, 1.54) is 11.1 Å². The Bertz CT molecular complexity index is 399. The number of hydrogen-bond acceptors (Lipinski definition) is 3. The molecule has 0 bridgehead atoms. The molecule has 3 rings (SSSR count). The molecule has 1 aromatic carbocycles. The topological polar surface area (TPSA) is 30.5 Å². The quantitative estimate of drug-likeness (QED) is 0.861. The maximum absolute atomic E-state index is 5.92. The van der Waals surface area contributed by atoms with Crippen LogP contribution in [0.3, 0.4) is 0 Å². The van der Waals surface area contributed by atoms with Crippen molar-refractivity contribution in [1.82, 2.24) is 5.32 Å². The van der Waals surface area contributed by atoms with E-state index < -0.39 is 0 Å². The summed E-state index contributed by atoms with van der Waals surface area (Å²) < 4.78 is 11.3. The predicted octanol–water partition coefficient (Wildman–Crippen LogP) is 1.68. The van der Waals surface area contributed by atoms with Crippen LogP contribution in [0.4, 0.5) is 0 Å². The van der Waals surface area contributed by atoms with Gasteiger partial charge in [-0.25, -0.2) is 0 Å². The maximum atomic E-state index is 5.92. The predicted molar refractivity (Wildman–Crippen MR) is 66.5 cm³/mol. The lowest BCUT2D eigenvalue weighted by molar-refractivity contribution is 0.183. The Morgan fingerprint density at radius 2 is 2.35 bits per heavy atom. The Kier molecular flexibility index (Phi) is 3.04. The van der Waals surface area contributed by atoms with E-state index in [1.807, 2.05) is 0 Å². The van der Waals surface area contributed by atoms with Crippen molar-refractivity contribution in [2.24, 2.45) is 0 Å². The number of rotatable bonds is 3. The molecule has 0 amide bonds. The number of ether oxygens (including phenoxy) is 2. The fraction of sp³-hybridized carbons (Fsp3) is 0.571. The second-order valence-electron chi connectivity index (χ2n) is 5.02. The van der Waals surface area contributed by atoms with E-state index in [-0.39, 0.29) is 6.10 Å². The summed E-state index contributed by atoms with van der Waals surface area (Å²) in [5, 5.41) is 3.52. The number of aryl methyl sites for hydroxylation is 1. The molecule has 2 aliphatic rings. The third-order valence-electron chi connectivity index (χ3n) is 3.52. The molecule has 0 aromatic heterocycles. The second kappa shape index (κ2) is 4.67. The smallest absolute Gasteiger partial charge is 0.123 e. The molecule has 0 aliphatic carbocycles. The Morgan fingerprint density at radius 3 is 3.18 bits per heavy atom. The van der Waals surface area contributed by atoms with Crippen LogP contribution in [0.5, 0.6) is 5.75 Å². The summed E-state index contributed by atoms with van der Waals surface area (Å²) in [6, 6.07) is 6.95. The number of fused-ring (bicyclic) bond motifs is 1. The molecule has 1 N–H and O–H groups in total. The number of nitrogens with one attached hydrogen (secondary N) is 1. The van der Waals surface area contributed by atoms with Crippen molar-refractivity contribution in [3.63, 3.8) is 0 Å². The number of benzene rings is 1. The van der Waals surface area contributed by atoms with Gasteiger partial charge < -0.3 is 14.8 Å². The van der Waals surface area contributed by atoms with Gasteiger partial charge in [-0.05, 0) is 25.0 Å². The van der Waals surface area contributed by atoms with E-state index in [2.05, 4.69) is 30.4 Å². The van der Waals surface area contributed by atoms with E-state index in [0.29, 0.717) is 6.04 Å². The summed E-state index contributed by atoms with van der Waals surface area (Å²) >= 11 is 0. The van der Waals surface area contributed by atoms with E-state index in [0.717, 1.165) is 38.3 Å². The zero-order valence-electron chi connectivity index (χ0n) is 10.2. The Morgan fingerprint density at radius 1 is 1.41 bits per heavy atom. The van der Waals surface area contributed by atoms with Crippen LogP contribution in [-0.4, -0.2) is 31.9 Å². The second-order valence-corrected chi connectivity index (χ2v) is 5.02. The van der Waals surface area contributed by atoms with Crippen LogP contribution in [0, 0.1) is 6.92 Å². The van der Waals surface area contributed by atoms with Gasteiger partial charge in [0.2, 0.25) is 0 Å². The minimum Gasteiger partial charge on any atom is -0.488 e. The van der Waals surface area contributed by atoms with Crippen molar-refractivity contribution in [2.75, 3.05) is 19.8 Å². The average molecular weight is 233 g/mol. The molecular formula is C14H19NO2. The van der Waals surface area contributed by atoms with Gasteiger partial charge >= 0.3 is 0 Å². The summed E-state index contributed by atoms with van der Waals surface area (Å²) in [6.07, 6.45) is 2.43. The molecule has 2 atom stereocenters. The van der Waals surface area contributed by atoms with Crippen LogP contribution in [0.2, 0.25) is 0 Å². The van der Waals surface area contributed by atoms with Crippen LogP contribution in [-0.2, 0) is 11.2 Å². The first kappa shape index (κ1) is 11.1. The van der Waals surface area contributed by atoms with E-state index >= 15 is 0 Å². The summed E-state index contributed by atoms with van der Waals surface area (Å²) in [5.74, 6) is 1.06. The first-order valence-electron chi connectivity index (χ1n) is 6.38. The molecule has 3 nitrogen and oxygen atoms in total. The fourth-order valence-corrected chi connectivity index (χ4v) is 2.56. The van der Waals surface area contributed by atoms with E-state index in [9.17, 15) is 0 Å². The van der Waals surface area contributed by atoms with Gasteiger partial charge in [0.15, 0.2) is 0 Å². The van der Waals surface area contributed by atoms with Gasteiger partial charge in [-0.2, -0.15) is 0 Å². The molecule has 0 saturated carbocycles. The molecule has 0 spiro atoms. The molecule has 2 aliphatic heterocycles. The van der Waals surface area contributed by atoms with Gasteiger partial charge in [0.25, 0.3) is 0 Å². The van der Waals surface area contributed by atoms with Crippen LogP contribution in [0.25, 0.3) is 0 Å². The minimum absolute atomic E-state index is 0.285. The highest BCUT2D eigenvalue weighted by atomic mass is 16.5. The molecule has 17 heavy (non-hydrogen) atoms. The summed E-state index contributed by atoms with van der Waals surface area (Å²) in [4.78, 5) is 0. The molecule has 2 unspecified atom stereocenters. The average Bonchev–Trinajstić information content (AvgIpc) is 2.94. The minimum atomic E-state index is 0.285. The summed E-state index contributed by atoms with van der Waals surface area (Å²) in [6.45, 7) is 4.78. The van der Waals surface area contributed by atoms with Crippen LogP contribution < -0.4 is 10.1 Å². The summed E-state index contributed by atoms with van der Waals surface area (Å²) in [5.41, 5.74) is 2.66. The Labute approximate surface area is 102 Å². The highest BCUT2D eigenvalue weighted by Crippen LogP contribution is 2.29. The standard InChI is InChI=1S/C14H19NO2/c1-10-2-3-14-11(6-10)7-13(17-14)8-15-12-4-5-16-9-12/h2-3,6,12-13,15H,4-5,7-9H2,1H3. The normalized spacial score (nSPS) is 26.9. The molecule has 2 heterocycles. The van der Waals surface area contributed by atoms with Crippen molar-refractivity contribution in [2.45, 2.75) is 31.9 Å². The Balaban J connectivity index is 1.55. The molecule has 1 fully saturated rings. The van der Waals surface area contributed by atoms with Gasteiger partial charge in [-0.15, -0.1) is 0 Å².